The van der Waals surface area contributed by atoms with Crippen molar-refractivity contribution in [3.8, 4) is 22.3 Å². The van der Waals surface area contributed by atoms with Crippen LogP contribution in [0.3, 0.4) is 0 Å². The van der Waals surface area contributed by atoms with Crippen molar-refractivity contribution in [2.75, 3.05) is 5.32 Å². The summed E-state index contributed by atoms with van der Waals surface area (Å²) in [6.07, 6.45) is 3.85. The Hall–Kier alpha value is -4.32. The minimum absolute atomic E-state index is 0.133. The number of anilines is 1. The van der Waals surface area contributed by atoms with Crippen LogP contribution in [0.25, 0.3) is 22.3 Å². The molecule has 1 aliphatic heterocycles. The molecule has 3 aromatic rings. The number of nitrogens with zero attached hydrogens (tertiary/aromatic N) is 5. The molecule has 0 radical (unpaired) electrons. The van der Waals surface area contributed by atoms with Gasteiger partial charge in [-0.15, -0.1) is 0 Å². The van der Waals surface area contributed by atoms with Crippen LogP contribution in [0.4, 0.5) is 5.95 Å². The molecule has 2 amide bonds. The lowest BCUT2D eigenvalue weighted by molar-refractivity contribution is 0.0989. The third-order valence-corrected chi connectivity index (χ3v) is 6.80. The smallest absolute Gasteiger partial charge is 0.267 e. The molecule has 2 aromatic heterocycles. The molecule has 0 atom stereocenters. The van der Waals surface area contributed by atoms with Gasteiger partial charge in [-0.3, -0.25) is 14.9 Å². The molecule has 2 aliphatic rings. The largest absolute Gasteiger partial charge is 0.472 e. The lowest BCUT2D eigenvalue weighted by Crippen LogP contribution is -2.20. The Morgan fingerprint density at radius 3 is 2.72 bits per heavy atom. The summed E-state index contributed by atoms with van der Waals surface area (Å²) < 4.78 is 8.06. The quantitative estimate of drug-likeness (QED) is 0.279. The number of hydrogen-bond donors (Lipinski definition) is 3. The van der Waals surface area contributed by atoms with Crippen molar-refractivity contribution in [2.45, 2.75) is 26.8 Å². The normalized spacial score (nSPS) is 11.2. The summed E-state index contributed by atoms with van der Waals surface area (Å²) in [6.45, 7) is 4.05. The molecular weight excluding hydrogens is 528 g/mol. The Kier molecular flexibility index (Phi) is 6.10. The fourth-order valence-corrected chi connectivity index (χ4v) is 5.23. The number of carbonyl (C=O) groups excluding carboxylic acids is 2. The number of fused-ring (bicyclic) bond motifs is 1. The first-order chi connectivity index (χ1) is 17.4. The van der Waals surface area contributed by atoms with E-state index >= 15 is 0 Å². The maximum atomic E-state index is 13.2. The molecule has 12 heteroatoms. The number of aryl methyl sites for hydroxylation is 2. The summed E-state index contributed by atoms with van der Waals surface area (Å²) in [5.41, 5.74) is 11.2. The highest BCUT2D eigenvalue weighted by atomic mass is 79.9. The van der Waals surface area contributed by atoms with Gasteiger partial charge in [0.25, 0.3) is 11.8 Å². The monoisotopic (exact) mass is 548 g/mol. The zero-order chi connectivity index (χ0) is 25.4. The van der Waals surface area contributed by atoms with E-state index in [9.17, 15) is 9.59 Å². The number of primary amides is 1. The number of imidazole rings is 1. The van der Waals surface area contributed by atoms with E-state index < -0.39 is 5.91 Å². The van der Waals surface area contributed by atoms with Crippen LogP contribution in [0.15, 0.2) is 51.7 Å². The van der Waals surface area contributed by atoms with Crippen LogP contribution in [0.1, 0.15) is 44.9 Å². The number of halogens is 1. The van der Waals surface area contributed by atoms with Gasteiger partial charge < -0.3 is 14.7 Å². The van der Waals surface area contributed by atoms with E-state index in [2.05, 4.69) is 46.9 Å². The molecule has 5 rings (SSSR count). The molecule has 0 bridgehead atoms. The van der Waals surface area contributed by atoms with Crippen molar-refractivity contribution < 1.29 is 14.0 Å². The summed E-state index contributed by atoms with van der Waals surface area (Å²) in [5, 5.41) is 15.9. The first kappa shape index (κ1) is 23.4. The van der Waals surface area contributed by atoms with Gasteiger partial charge in [-0.1, -0.05) is 30.2 Å². The first-order valence-electron chi connectivity index (χ1n) is 11.1. The van der Waals surface area contributed by atoms with E-state index in [4.69, 9.17) is 10.2 Å². The number of rotatable bonds is 7. The van der Waals surface area contributed by atoms with Crippen molar-refractivity contribution in [3.05, 3.63) is 75.7 Å². The highest BCUT2D eigenvalue weighted by Crippen LogP contribution is 2.47. The highest BCUT2D eigenvalue weighted by Gasteiger charge is 2.28. The average Bonchev–Trinajstić information content (AvgIpc) is 3.57. The van der Waals surface area contributed by atoms with E-state index in [0.29, 0.717) is 35.5 Å². The number of nitrogens with two attached hydrogens (primary N) is 1. The molecule has 182 valence electrons. The van der Waals surface area contributed by atoms with Crippen LogP contribution in [0.2, 0.25) is 0 Å². The molecule has 3 heterocycles. The SMILES string of the molecule is CCc1nc(C)c(C(N)=O)n1Cc1c2ccocc-2c(Br)c1-c1ccccc1C(=O)Nc1nnn[nH]1. The van der Waals surface area contributed by atoms with E-state index in [1.165, 1.54) is 0 Å². The van der Waals surface area contributed by atoms with Gasteiger partial charge in [0.1, 0.15) is 11.5 Å². The molecule has 0 saturated heterocycles. The number of hydrogen-bond acceptors (Lipinski definition) is 7. The topological polar surface area (TPSA) is 158 Å². The molecule has 0 fully saturated rings. The van der Waals surface area contributed by atoms with Gasteiger partial charge in [-0.25, -0.2) is 10.1 Å². The molecule has 0 spiro atoms. The Morgan fingerprint density at radius 1 is 1.19 bits per heavy atom. The number of benzene rings is 1. The fourth-order valence-electron chi connectivity index (χ4n) is 4.47. The maximum Gasteiger partial charge on any atom is 0.267 e. The van der Waals surface area contributed by atoms with E-state index in [0.717, 1.165) is 32.6 Å². The standard InChI is InChI=1S/C24H21BrN8O3/c1-3-18-27-12(2)21(22(26)34)33(18)10-16-13-8-9-36-11-17(13)20(25)19(16)14-6-4-5-7-15(14)23(35)28-24-29-31-32-30-24/h4-9,11H,3,10H2,1-2H3,(H2,26,34)(H2,28,29,30,31,32,35). The van der Waals surface area contributed by atoms with E-state index in [1.807, 2.05) is 29.7 Å². The second-order valence-electron chi connectivity index (χ2n) is 8.07. The Balaban J connectivity index is 1.71. The zero-order valence-corrected chi connectivity index (χ0v) is 21.0. The summed E-state index contributed by atoms with van der Waals surface area (Å²) >= 11 is 3.74. The molecule has 0 unspecified atom stereocenters. The van der Waals surface area contributed by atoms with Gasteiger partial charge in [-0.05, 0) is 62.1 Å². The number of H-pyrrole nitrogens is 1. The van der Waals surface area contributed by atoms with Gasteiger partial charge >= 0.3 is 0 Å². The number of nitrogens with one attached hydrogen (secondary N) is 2. The van der Waals surface area contributed by atoms with Gasteiger partial charge in [0.2, 0.25) is 5.95 Å². The number of carbonyl (C=O) groups is 2. The second kappa shape index (κ2) is 9.38. The average molecular weight is 549 g/mol. The highest BCUT2D eigenvalue weighted by molar-refractivity contribution is 9.10. The van der Waals surface area contributed by atoms with Gasteiger partial charge in [0, 0.05) is 27.6 Å². The minimum atomic E-state index is -0.549. The van der Waals surface area contributed by atoms with Crippen LogP contribution >= 0.6 is 15.9 Å². The van der Waals surface area contributed by atoms with Crippen molar-refractivity contribution >= 4 is 33.7 Å². The number of aromatic nitrogens is 6. The molecule has 4 N–H and O–H groups in total. The molecule has 0 saturated carbocycles. The third-order valence-electron chi connectivity index (χ3n) is 5.98. The summed E-state index contributed by atoms with van der Waals surface area (Å²) in [6, 6.07) is 9.08. The van der Waals surface area contributed by atoms with Crippen LogP contribution in [-0.4, -0.2) is 42.0 Å². The van der Waals surface area contributed by atoms with Crippen LogP contribution in [0, 0.1) is 6.92 Å². The summed E-state index contributed by atoms with van der Waals surface area (Å²) in [7, 11) is 0. The number of aromatic amines is 1. The molecule has 11 nitrogen and oxygen atoms in total. The first-order valence-corrected chi connectivity index (χ1v) is 11.9. The maximum absolute atomic E-state index is 13.2. The van der Waals surface area contributed by atoms with Gasteiger partial charge in [-0.2, -0.15) is 0 Å². The lowest BCUT2D eigenvalue weighted by Gasteiger charge is -2.15. The number of tetrazole rings is 1. The predicted molar refractivity (Wildman–Crippen MR) is 135 cm³/mol. The van der Waals surface area contributed by atoms with Gasteiger partial charge in [0.05, 0.1) is 24.8 Å². The Labute approximate surface area is 213 Å². The van der Waals surface area contributed by atoms with Crippen LogP contribution in [-0.2, 0) is 13.0 Å². The van der Waals surface area contributed by atoms with Crippen molar-refractivity contribution in [3.63, 3.8) is 0 Å². The van der Waals surface area contributed by atoms with Crippen molar-refractivity contribution in [1.82, 2.24) is 30.2 Å². The zero-order valence-electron chi connectivity index (χ0n) is 19.4. The molecule has 1 aliphatic carbocycles. The fraction of sp³-hybridized carbons (Fsp3) is 0.167. The molecular formula is C24H21BrN8O3. The summed E-state index contributed by atoms with van der Waals surface area (Å²) in [5.74, 6) is -0.0653. The van der Waals surface area contributed by atoms with Crippen molar-refractivity contribution in [1.29, 1.82) is 0 Å². The van der Waals surface area contributed by atoms with Gasteiger partial charge in [0.15, 0.2) is 0 Å². The lowest BCUT2D eigenvalue weighted by atomic mass is 9.97. The third kappa shape index (κ3) is 3.94. The van der Waals surface area contributed by atoms with E-state index in [-0.39, 0.29) is 11.9 Å². The number of amides is 2. The molecule has 36 heavy (non-hydrogen) atoms. The minimum Gasteiger partial charge on any atom is -0.472 e. The Bertz CT molecular complexity index is 1550. The Morgan fingerprint density at radius 2 is 2.00 bits per heavy atom. The van der Waals surface area contributed by atoms with E-state index in [1.54, 1.807) is 31.6 Å². The molecule has 1 aromatic carbocycles. The van der Waals surface area contributed by atoms with Crippen molar-refractivity contribution in [2.24, 2.45) is 5.73 Å². The van der Waals surface area contributed by atoms with Crippen LogP contribution < -0.4 is 11.1 Å². The van der Waals surface area contributed by atoms with Crippen LogP contribution in [0.5, 0.6) is 0 Å². The predicted octanol–water partition coefficient (Wildman–Crippen LogP) is 3.79. The summed E-state index contributed by atoms with van der Waals surface area (Å²) in [4.78, 5) is 30.1. The second-order valence-corrected chi connectivity index (χ2v) is 8.86.